The van der Waals surface area contributed by atoms with Crippen LogP contribution in [0.4, 0.5) is 0 Å². The van der Waals surface area contributed by atoms with Crippen molar-refractivity contribution >= 4 is 17.5 Å². The molecule has 2 aliphatic rings. The zero-order chi connectivity index (χ0) is 24.9. The zero-order valence-corrected chi connectivity index (χ0v) is 21.5. The van der Waals surface area contributed by atoms with Crippen molar-refractivity contribution in [1.82, 2.24) is 20.0 Å². The van der Waals surface area contributed by atoms with Gasteiger partial charge >= 0.3 is 0 Å². The van der Waals surface area contributed by atoms with E-state index in [1.165, 1.54) is 6.42 Å². The van der Waals surface area contributed by atoms with E-state index in [9.17, 15) is 4.79 Å². The number of unbranched alkanes of at least 4 members (excludes halogenated alkanes) is 2. The molecule has 3 heterocycles. The number of nitrogens with zero attached hydrogens (tertiary/aromatic N) is 3. The monoisotopic (exact) mass is 508 g/mol. The number of fused-ring (bicyclic) bond motifs is 1. The van der Waals surface area contributed by atoms with E-state index in [0.717, 1.165) is 73.8 Å². The third kappa shape index (κ3) is 5.28. The SMILES string of the molecule is CCCCCOc1ccc(C2c3c(-c4ccc(Cl)cc4)n[nH]c3C(=O)N2CCN2CCOCC2)cc1. The summed E-state index contributed by atoms with van der Waals surface area (Å²) in [5.74, 6) is 0.834. The Morgan fingerprint density at radius 3 is 2.53 bits per heavy atom. The molecule has 0 aliphatic carbocycles. The number of aromatic amines is 1. The van der Waals surface area contributed by atoms with Gasteiger partial charge in [-0.3, -0.25) is 14.8 Å². The summed E-state index contributed by atoms with van der Waals surface area (Å²) < 4.78 is 11.4. The number of benzene rings is 2. The number of halogens is 1. The molecule has 0 radical (unpaired) electrons. The number of rotatable bonds is 10. The molecule has 1 atom stereocenters. The van der Waals surface area contributed by atoms with E-state index in [0.29, 0.717) is 23.9 Å². The van der Waals surface area contributed by atoms with Crippen molar-refractivity contribution in [2.75, 3.05) is 46.0 Å². The Kier molecular flexibility index (Phi) is 7.90. The number of ether oxygens (including phenoxy) is 2. The minimum absolute atomic E-state index is 0.0177. The Morgan fingerprint density at radius 1 is 1.06 bits per heavy atom. The third-order valence-electron chi connectivity index (χ3n) is 6.95. The number of morpholine rings is 1. The molecule has 2 aromatic carbocycles. The van der Waals surface area contributed by atoms with Crippen LogP contribution in [0.1, 0.15) is 53.8 Å². The second-order valence-electron chi connectivity index (χ2n) is 9.35. The van der Waals surface area contributed by atoms with Gasteiger partial charge in [0.15, 0.2) is 0 Å². The molecule has 3 aromatic rings. The summed E-state index contributed by atoms with van der Waals surface area (Å²) in [6.07, 6.45) is 3.38. The fraction of sp³-hybridized carbons (Fsp3) is 0.429. The molecule has 36 heavy (non-hydrogen) atoms. The Balaban J connectivity index is 1.44. The van der Waals surface area contributed by atoms with E-state index < -0.39 is 0 Å². The highest BCUT2D eigenvalue weighted by molar-refractivity contribution is 6.30. The van der Waals surface area contributed by atoms with Gasteiger partial charge in [-0.2, -0.15) is 5.10 Å². The van der Waals surface area contributed by atoms with Gasteiger partial charge in [0.05, 0.1) is 31.6 Å². The molecule has 1 aromatic heterocycles. The van der Waals surface area contributed by atoms with Crippen LogP contribution in [0.3, 0.4) is 0 Å². The van der Waals surface area contributed by atoms with Gasteiger partial charge in [-0.1, -0.05) is 55.6 Å². The second-order valence-corrected chi connectivity index (χ2v) is 9.78. The summed E-state index contributed by atoms with van der Waals surface area (Å²) in [5.41, 5.74) is 4.24. The third-order valence-corrected chi connectivity index (χ3v) is 7.21. The molecule has 1 N–H and O–H groups in total. The number of aromatic nitrogens is 2. The molecule has 5 rings (SSSR count). The maximum atomic E-state index is 13.6. The summed E-state index contributed by atoms with van der Waals surface area (Å²) in [7, 11) is 0. The standard InChI is InChI=1S/C28H33ClN4O3/c1-2-3-4-17-36-23-11-7-21(8-12-23)27-24-25(20-5-9-22(29)10-6-20)30-31-26(24)28(34)33(27)14-13-32-15-18-35-19-16-32/h5-12,27H,2-4,13-19H2,1H3,(H,30,31). The van der Waals surface area contributed by atoms with Gasteiger partial charge in [0.1, 0.15) is 11.4 Å². The smallest absolute Gasteiger partial charge is 0.273 e. The van der Waals surface area contributed by atoms with Gasteiger partial charge < -0.3 is 14.4 Å². The average Bonchev–Trinajstić information content (AvgIpc) is 3.46. The van der Waals surface area contributed by atoms with Crippen molar-refractivity contribution in [3.05, 3.63) is 70.4 Å². The zero-order valence-electron chi connectivity index (χ0n) is 20.7. The molecular formula is C28H33ClN4O3. The molecule has 1 amide bonds. The lowest BCUT2D eigenvalue weighted by molar-refractivity contribution is 0.0316. The molecule has 8 heteroatoms. The van der Waals surface area contributed by atoms with E-state index >= 15 is 0 Å². The van der Waals surface area contributed by atoms with Gasteiger partial charge in [0.2, 0.25) is 0 Å². The lowest BCUT2D eigenvalue weighted by Gasteiger charge is -2.31. The number of carbonyl (C=O) groups is 1. The molecule has 190 valence electrons. The van der Waals surface area contributed by atoms with Crippen LogP contribution in [0.25, 0.3) is 11.3 Å². The predicted octanol–water partition coefficient (Wildman–Crippen LogP) is 5.18. The normalized spacial score (nSPS) is 18.0. The van der Waals surface area contributed by atoms with Crippen LogP contribution in [0.15, 0.2) is 48.5 Å². The van der Waals surface area contributed by atoms with Crippen molar-refractivity contribution in [3.8, 4) is 17.0 Å². The Labute approximate surface area is 217 Å². The number of H-pyrrole nitrogens is 1. The maximum Gasteiger partial charge on any atom is 0.273 e. The van der Waals surface area contributed by atoms with Crippen molar-refractivity contribution in [1.29, 1.82) is 0 Å². The highest BCUT2D eigenvalue weighted by Crippen LogP contribution is 2.43. The molecular weight excluding hydrogens is 476 g/mol. The molecule has 2 aliphatic heterocycles. The molecule has 1 unspecified atom stereocenters. The van der Waals surface area contributed by atoms with Crippen LogP contribution in [0.2, 0.25) is 5.02 Å². The number of amides is 1. The topological polar surface area (TPSA) is 70.7 Å². The summed E-state index contributed by atoms with van der Waals surface area (Å²) in [4.78, 5) is 17.9. The molecule has 1 saturated heterocycles. The number of carbonyl (C=O) groups excluding carboxylic acids is 1. The lowest BCUT2D eigenvalue weighted by atomic mass is 9.96. The molecule has 0 spiro atoms. The molecule has 0 bridgehead atoms. The first-order valence-electron chi connectivity index (χ1n) is 12.8. The van der Waals surface area contributed by atoms with Crippen LogP contribution in [0.5, 0.6) is 5.75 Å². The first kappa shape index (κ1) is 24.8. The van der Waals surface area contributed by atoms with Gasteiger partial charge in [-0.15, -0.1) is 0 Å². The average molecular weight is 509 g/mol. The summed E-state index contributed by atoms with van der Waals surface area (Å²) in [5, 5.41) is 8.26. The van der Waals surface area contributed by atoms with E-state index in [-0.39, 0.29) is 11.9 Å². The first-order valence-corrected chi connectivity index (χ1v) is 13.2. The number of nitrogens with one attached hydrogen (secondary N) is 1. The van der Waals surface area contributed by atoms with Crippen LogP contribution < -0.4 is 4.74 Å². The summed E-state index contributed by atoms with van der Waals surface area (Å²) in [6, 6.07) is 15.5. The Hall–Kier alpha value is -2.87. The second kappa shape index (κ2) is 11.5. The van der Waals surface area contributed by atoms with E-state index in [2.05, 4.69) is 34.2 Å². The Bertz CT molecular complexity index is 1160. The summed E-state index contributed by atoms with van der Waals surface area (Å²) in [6.45, 7) is 7.58. The van der Waals surface area contributed by atoms with Crippen LogP contribution in [-0.2, 0) is 4.74 Å². The molecule has 1 fully saturated rings. The largest absolute Gasteiger partial charge is 0.494 e. The minimum Gasteiger partial charge on any atom is -0.494 e. The van der Waals surface area contributed by atoms with Crippen molar-refractivity contribution < 1.29 is 14.3 Å². The fourth-order valence-electron chi connectivity index (χ4n) is 4.96. The van der Waals surface area contributed by atoms with Crippen molar-refractivity contribution in [2.24, 2.45) is 0 Å². The van der Waals surface area contributed by atoms with Gasteiger partial charge in [0, 0.05) is 42.3 Å². The predicted molar refractivity (Wildman–Crippen MR) is 141 cm³/mol. The van der Waals surface area contributed by atoms with Crippen LogP contribution in [0, 0.1) is 0 Å². The van der Waals surface area contributed by atoms with Gasteiger partial charge in [0.25, 0.3) is 5.91 Å². The van der Waals surface area contributed by atoms with Crippen LogP contribution in [-0.4, -0.2) is 71.9 Å². The Morgan fingerprint density at radius 2 is 1.81 bits per heavy atom. The molecule has 7 nitrogen and oxygen atoms in total. The van der Waals surface area contributed by atoms with Crippen molar-refractivity contribution in [3.63, 3.8) is 0 Å². The number of hydrogen-bond donors (Lipinski definition) is 1. The van der Waals surface area contributed by atoms with E-state index in [4.69, 9.17) is 21.1 Å². The van der Waals surface area contributed by atoms with Gasteiger partial charge in [-0.25, -0.2) is 0 Å². The fourth-order valence-corrected chi connectivity index (χ4v) is 5.09. The van der Waals surface area contributed by atoms with Crippen molar-refractivity contribution in [2.45, 2.75) is 32.2 Å². The highest BCUT2D eigenvalue weighted by Gasteiger charge is 2.42. The molecule has 0 saturated carbocycles. The highest BCUT2D eigenvalue weighted by atomic mass is 35.5. The minimum atomic E-state index is -0.230. The quantitative estimate of drug-likeness (QED) is 0.382. The van der Waals surface area contributed by atoms with Crippen LogP contribution >= 0.6 is 11.6 Å². The van der Waals surface area contributed by atoms with E-state index in [1.807, 2.05) is 41.3 Å². The van der Waals surface area contributed by atoms with Gasteiger partial charge in [-0.05, 0) is 36.2 Å². The maximum absolute atomic E-state index is 13.6. The lowest BCUT2D eigenvalue weighted by Crippen LogP contribution is -2.42. The first-order chi connectivity index (χ1) is 17.7. The number of hydrogen-bond acceptors (Lipinski definition) is 5. The summed E-state index contributed by atoms with van der Waals surface area (Å²) >= 11 is 6.13. The van der Waals surface area contributed by atoms with E-state index in [1.54, 1.807) is 0 Å².